The summed E-state index contributed by atoms with van der Waals surface area (Å²) in [5, 5.41) is 12.4. The summed E-state index contributed by atoms with van der Waals surface area (Å²) in [6.45, 7) is 9.87. The number of fused-ring (bicyclic) bond motifs is 1. The van der Waals surface area contributed by atoms with Gasteiger partial charge < -0.3 is 66.4 Å². The van der Waals surface area contributed by atoms with Crippen molar-refractivity contribution in [3.8, 4) is 0 Å². The first-order chi connectivity index (χ1) is 48.9. The second-order valence-electron chi connectivity index (χ2n) is 27.1. The van der Waals surface area contributed by atoms with Crippen molar-refractivity contribution >= 4 is 28.4 Å². The Kier molecular flexibility index (Phi) is 25.1. The fourth-order valence-corrected chi connectivity index (χ4v) is 16.1. The third-order valence-electron chi connectivity index (χ3n) is 18.8. The van der Waals surface area contributed by atoms with Gasteiger partial charge in [0.1, 0.15) is 73.1 Å². The lowest BCUT2D eigenvalue weighted by Crippen LogP contribution is -2.71. The minimum absolute atomic E-state index is 0.00735. The predicted molar refractivity (Wildman–Crippen MR) is 378 cm³/mol. The Hall–Kier alpha value is -6.76. The SMILES string of the molecule is CC(C)(C)[Si](C)(C)O[C@@H]1OC(COCc2ccccc2)[C@H](O[C@@H]2OC(COCc3ccccc3)[C@H](O[C@@H]3OC4COC(c5ccccc5)O[C@@H]4[C@H](O)C3OCc3ccccc3)[C@H](OCc3ccccc3)C2NS(=O)(=O)c2ccccc2)[C@@H](OCc2ccccc2)C1NS(=O)(=O)c1ccccc1. The largest absolute Gasteiger partial charge is 0.391 e. The zero-order valence-electron chi connectivity index (χ0n) is 57.2. The van der Waals surface area contributed by atoms with E-state index in [1.54, 1.807) is 36.4 Å². The van der Waals surface area contributed by atoms with Crippen LogP contribution in [0.15, 0.2) is 252 Å². The topological polar surface area (TPSA) is 233 Å². The van der Waals surface area contributed by atoms with Gasteiger partial charge in [-0.25, -0.2) is 26.3 Å². The Bertz CT molecular complexity index is 4040. The molecule has 536 valence electrons. The van der Waals surface area contributed by atoms with Gasteiger partial charge in [-0.15, -0.1) is 0 Å². The summed E-state index contributed by atoms with van der Waals surface area (Å²) in [6.07, 6.45) is -18.0. The highest BCUT2D eigenvalue weighted by Gasteiger charge is 2.59. The Morgan fingerprint density at radius 1 is 0.436 bits per heavy atom. The number of benzene rings is 8. The lowest BCUT2D eigenvalue weighted by Gasteiger charge is -2.53. The second-order valence-corrected chi connectivity index (χ2v) is 35.3. The summed E-state index contributed by atoms with van der Waals surface area (Å²) >= 11 is 0. The van der Waals surface area contributed by atoms with Crippen molar-refractivity contribution in [2.24, 2.45) is 0 Å². The van der Waals surface area contributed by atoms with E-state index < -0.39 is 132 Å². The van der Waals surface area contributed by atoms with Crippen LogP contribution in [-0.4, -0.2) is 142 Å². The molecule has 7 unspecified atom stereocenters. The molecule has 8 aromatic rings. The molecule has 4 aliphatic heterocycles. The fourth-order valence-electron chi connectivity index (χ4n) is 12.4. The van der Waals surface area contributed by atoms with E-state index in [4.69, 9.17) is 61.3 Å². The van der Waals surface area contributed by atoms with Crippen molar-refractivity contribution < 1.29 is 83.2 Å². The molecule has 0 amide bonds. The molecule has 0 radical (unpaired) electrons. The van der Waals surface area contributed by atoms with E-state index >= 15 is 16.8 Å². The molecule has 4 heterocycles. The first kappa shape index (κ1) is 74.0. The van der Waals surface area contributed by atoms with Crippen LogP contribution in [0.1, 0.15) is 60.4 Å². The van der Waals surface area contributed by atoms with Gasteiger partial charge in [-0.2, -0.15) is 0 Å². The van der Waals surface area contributed by atoms with Gasteiger partial charge >= 0.3 is 0 Å². The van der Waals surface area contributed by atoms with Crippen molar-refractivity contribution in [1.29, 1.82) is 0 Å². The zero-order chi connectivity index (χ0) is 70.4. The van der Waals surface area contributed by atoms with E-state index in [-0.39, 0.29) is 62.6 Å². The summed E-state index contributed by atoms with van der Waals surface area (Å²) in [6, 6.07) is 69.5. The van der Waals surface area contributed by atoms with Crippen molar-refractivity contribution in [2.45, 2.75) is 180 Å². The van der Waals surface area contributed by atoms with Gasteiger partial charge in [-0.1, -0.05) is 239 Å². The van der Waals surface area contributed by atoms with E-state index in [1.807, 2.05) is 195 Å². The van der Waals surface area contributed by atoms with E-state index in [0.717, 1.165) is 27.8 Å². The molecule has 101 heavy (non-hydrogen) atoms. The number of hydrogen-bond acceptors (Lipinski definition) is 18. The molecule has 0 aromatic heterocycles. The maximum absolute atomic E-state index is 15.5. The van der Waals surface area contributed by atoms with Crippen LogP contribution in [0.4, 0.5) is 0 Å². The average molecular weight is 1440 g/mol. The molecule has 0 spiro atoms. The molecule has 20 nitrogen and oxygen atoms in total. The van der Waals surface area contributed by atoms with Crippen LogP contribution in [0.2, 0.25) is 18.1 Å². The molecule has 16 atom stereocenters. The predicted octanol–water partition coefficient (Wildman–Crippen LogP) is 11.3. The van der Waals surface area contributed by atoms with E-state index in [1.165, 1.54) is 24.3 Å². The molecule has 0 bridgehead atoms. The van der Waals surface area contributed by atoms with Crippen molar-refractivity contribution in [1.82, 2.24) is 9.44 Å². The van der Waals surface area contributed by atoms with Crippen LogP contribution < -0.4 is 9.44 Å². The van der Waals surface area contributed by atoms with Crippen LogP contribution >= 0.6 is 0 Å². The molecule has 23 heteroatoms. The molecule has 4 saturated heterocycles. The molecular weight excluding hydrogens is 1350 g/mol. The third-order valence-corrected chi connectivity index (χ3v) is 26.2. The number of hydrogen-bond donors (Lipinski definition) is 3. The Labute approximate surface area is 593 Å². The molecule has 4 fully saturated rings. The standard InChI is InChI=1S/C78H90N2O18S2Si/c1-78(2,3)101(4,5)98-76-66(80-100(84,85)61-44-28-13-29-45-61)72(89-49-57-36-20-9-21-37-57)69(63(93-76)52-87-47-55-32-16-7-17-33-55)96-75-65(79-99(82,83)60-42-26-12-27-43-60)71(88-48-56-34-18-8-19-35-56)70(62(92-75)51-86-46-54-30-14-6-15-31-54)97-77-73(90-50-58-38-22-10-23-39-58)67(81)68-64(94-77)53-91-74(95-68)59-40-24-11-25-41-59/h6-45,62-77,79-81H,46-53H2,1-5H3/t62?,63?,64?,65?,66?,67-,68-,69-,70-,71+,72-,73?,74?,75-,76-,77-/m0/s1. The van der Waals surface area contributed by atoms with Crippen LogP contribution in [0.25, 0.3) is 0 Å². The number of aliphatic hydroxyl groups is 1. The van der Waals surface area contributed by atoms with Gasteiger partial charge in [0, 0.05) is 5.56 Å². The molecule has 12 rings (SSSR count). The van der Waals surface area contributed by atoms with Gasteiger partial charge in [0.2, 0.25) is 20.0 Å². The average Bonchev–Trinajstić information content (AvgIpc) is 0.757. The number of nitrogens with one attached hydrogen (secondary N) is 2. The maximum Gasteiger partial charge on any atom is 0.241 e. The molecule has 0 aliphatic carbocycles. The van der Waals surface area contributed by atoms with Crippen molar-refractivity contribution in [3.05, 3.63) is 276 Å². The highest BCUT2D eigenvalue weighted by molar-refractivity contribution is 7.89. The first-order valence-corrected chi connectivity index (χ1v) is 40.0. The maximum atomic E-state index is 15.5. The summed E-state index contributed by atoms with van der Waals surface area (Å²) in [5.74, 6) is 0. The number of aliphatic hydroxyl groups excluding tert-OH is 1. The smallest absolute Gasteiger partial charge is 0.241 e. The Morgan fingerprint density at radius 3 is 1.21 bits per heavy atom. The zero-order valence-corrected chi connectivity index (χ0v) is 59.8. The lowest BCUT2D eigenvalue weighted by molar-refractivity contribution is -0.391. The molecule has 0 saturated carbocycles. The van der Waals surface area contributed by atoms with Gasteiger partial charge in [-0.3, -0.25) is 0 Å². The molecular formula is C78H90N2O18S2Si. The fraction of sp³-hybridized carbons (Fsp3) is 0.385. The van der Waals surface area contributed by atoms with E-state index in [9.17, 15) is 5.11 Å². The van der Waals surface area contributed by atoms with Gasteiger partial charge in [0.05, 0.1) is 62.6 Å². The molecule has 8 aromatic carbocycles. The summed E-state index contributed by atoms with van der Waals surface area (Å²) < 4.78 is 159. The van der Waals surface area contributed by atoms with E-state index in [0.29, 0.717) is 5.56 Å². The molecule has 4 aliphatic rings. The normalized spacial score (nSPS) is 27.3. The number of sulfonamides is 2. The van der Waals surface area contributed by atoms with E-state index in [2.05, 4.69) is 30.2 Å². The van der Waals surface area contributed by atoms with Crippen LogP contribution in [0.5, 0.6) is 0 Å². The Balaban J connectivity index is 1.00. The monoisotopic (exact) mass is 1430 g/mol. The van der Waals surface area contributed by atoms with Crippen LogP contribution in [0, 0.1) is 0 Å². The van der Waals surface area contributed by atoms with Crippen molar-refractivity contribution in [2.75, 3.05) is 19.8 Å². The second kappa shape index (κ2) is 34.2. The quantitative estimate of drug-likeness (QED) is 0.0355. The summed E-state index contributed by atoms with van der Waals surface area (Å²) in [5.41, 5.74) is 4.66. The van der Waals surface area contributed by atoms with Gasteiger partial charge in [0.15, 0.2) is 33.5 Å². The highest BCUT2D eigenvalue weighted by atomic mass is 32.2. The summed E-state index contributed by atoms with van der Waals surface area (Å²) in [4.78, 5) is -0.139. The lowest BCUT2D eigenvalue weighted by atomic mass is 9.94. The van der Waals surface area contributed by atoms with Crippen molar-refractivity contribution in [3.63, 3.8) is 0 Å². The van der Waals surface area contributed by atoms with Crippen LogP contribution in [-0.2, 0) is 114 Å². The number of ether oxygens (including phenoxy) is 12. The summed E-state index contributed by atoms with van der Waals surface area (Å²) in [7, 11) is -12.0. The van der Waals surface area contributed by atoms with Gasteiger partial charge in [-0.05, 0) is 70.2 Å². The minimum Gasteiger partial charge on any atom is -0.391 e. The first-order valence-electron chi connectivity index (χ1n) is 34.2. The third kappa shape index (κ3) is 19.2. The highest BCUT2D eigenvalue weighted by Crippen LogP contribution is 2.43. The number of rotatable bonds is 30. The Morgan fingerprint density at radius 2 is 0.792 bits per heavy atom. The minimum atomic E-state index is -4.61. The molecule has 3 N–H and O–H groups in total. The van der Waals surface area contributed by atoms with Crippen LogP contribution in [0.3, 0.4) is 0 Å². The van der Waals surface area contributed by atoms with Gasteiger partial charge in [0.25, 0.3) is 0 Å².